The Balaban J connectivity index is 0.00000300. The number of benzene rings is 2. The number of nitrogens with one attached hydrogen (secondary N) is 2. The van der Waals surface area contributed by atoms with Crippen molar-refractivity contribution in [2.24, 2.45) is 10.1 Å². The summed E-state index contributed by atoms with van der Waals surface area (Å²) in [5.74, 6) is 1.68. The average molecular weight is 530 g/mol. The molecule has 7 nitrogen and oxygen atoms in total. The predicted molar refractivity (Wildman–Crippen MR) is 125 cm³/mol. The largest absolute Gasteiger partial charge is 0.493 e. The molecule has 0 aromatic heterocycles. The van der Waals surface area contributed by atoms with Gasteiger partial charge in [0.15, 0.2) is 5.96 Å². The summed E-state index contributed by atoms with van der Waals surface area (Å²) in [6.45, 7) is 4.59. The van der Waals surface area contributed by atoms with Crippen LogP contribution in [0, 0.1) is 0 Å². The number of nitrogens with two attached hydrogens (primary N) is 1. The van der Waals surface area contributed by atoms with E-state index in [1.165, 1.54) is 17.2 Å². The van der Waals surface area contributed by atoms with E-state index < -0.39 is 10.0 Å². The van der Waals surface area contributed by atoms with Crippen LogP contribution in [0.3, 0.4) is 0 Å². The smallest absolute Gasteiger partial charge is 0.238 e. The highest BCUT2D eigenvalue weighted by Gasteiger charge is 2.12. The van der Waals surface area contributed by atoms with Crippen molar-refractivity contribution in [3.8, 4) is 5.75 Å². The summed E-state index contributed by atoms with van der Waals surface area (Å²) in [5, 5.41) is 11.7. The monoisotopic (exact) mass is 530 g/mol. The van der Waals surface area contributed by atoms with Crippen LogP contribution in [0.15, 0.2) is 52.4 Å². The second-order valence-corrected chi connectivity index (χ2v) is 8.17. The van der Waals surface area contributed by atoms with Crippen molar-refractivity contribution in [1.82, 2.24) is 10.6 Å². The molecule has 1 heterocycles. The molecule has 158 valence electrons. The minimum absolute atomic E-state index is 0. The maximum absolute atomic E-state index is 11.5. The molecule has 0 saturated heterocycles. The lowest BCUT2D eigenvalue weighted by Gasteiger charge is -2.12. The first kappa shape index (κ1) is 23.4. The Morgan fingerprint density at radius 3 is 2.76 bits per heavy atom. The molecule has 9 heteroatoms. The number of sulfonamides is 1. The molecular formula is C20H27IN4O3S. The lowest BCUT2D eigenvalue weighted by molar-refractivity contribution is 0.357. The lowest BCUT2D eigenvalue weighted by atomic mass is 10.1. The maximum atomic E-state index is 11.5. The number of rotatable bonds is 7. The van der Waals surface area contributed by atoms with E-state index >= 15 is 0 Å². The van der Waals surface area contributed by atoms with E-state index in [0.717, 1.165) is 43.9 Å². The number of primary sulfonamides is 1. The zero-order valence-corrected chi connectivity index (χ0v) is 19.5. The highest BCUT2D eigenvalue weighted by molar-refractivity contribution is 14.0. The van der Waals surface area contributed by atoms with Gasteiger partial charge >= 0.3 is 0 Å². The van der Waals surface area contributed by atoms with Crippen molar-refractivity contribution in [2.75, 3.05) is 19.7 Å². The van der Waals surface area contributed by atoms with Crippen LogP contribution in [0.4, 0.5) is 0 Å². The van der Waals surface area contributed by atoms with E-state index in [4.69, 9.17) is 9.88 Å². The van der Waals surface area contributed by atoms with Crippen LogP contribution in [0.2, 0.25) is 0 Å². The summed E-state index contributed by atoms with van der Waals surface area (Å²) in [6, 6.07) is 12.9. The van der Waals surface area contributed by atoms with E-state index in [1.807, 2.05) is 19.1 Å². The van der Waals surface area contributed by atoms with Crippen molar-refractivity contribution in [3.05, 3.63) is 59.2 Å². The third-order valence-electron chi connectivity index (χ3n) is 4.45. The highest BCUT2D eigenvalue weighted by atomic mass is 127. The Morgan fingerprint density at radius 2 is 2.00 bits per heavy atom. The van der Waals surface area contributed by atoms with Crippen LogP contribution in [-0.4, -0.2) is 34.1 Å². The molecule has 0 fully saturated rings. The van der Waals surface area contributed by atoms with E-state index in [2.05, 4.69) is 27.8 Å². The highest BCUT2D eigenvalue weighted by Crippen LogP contribution is 2.25. The molecule has 0 bridgehead atoms. The van der Waals surface area contributed by atoms with E-state index in [-0.39, 0.29) is 28.9 Å². The number of guanidine groups is 1. The van der Waals surface area contributed by atoms with Gasteiger partial charge in [-0.15, -0.1) is 24.0 Å². The SMILES string of the molecule is CCNC(=NCc1cccc(S(N)(=O)=O)c1)NCCc1ccc2c(c1)CCO2.I. The minimum atomic E-state index is -3.71. The maximum Gasteiger partial charge on any atom is 0.238 e. The van der Waals surface area contributed by atoms with E-state index in [0.29, 0.717) is 12.5 Å². The number of hydrogen-bond acceptors (Lipinski definition) is 4. The minimum Gasteiger partial charge on any atom is -0.493 e. The van der Waals surface area contributed by atoms with Gasteiger partial charge in [0.1, 0.15) is 5.75 Å². The van der Waals surface area contributed by atoms with Gasteiger partial charge in [-0.1, -0.05) is 24.3 Å². The second kappa shape index (κ2) is 10.8. The zero-order chi connectivity index (χ0) is 20.0. The van der Waals surface area contributed by atoms with Gasteiger partial charge in [0.05, 0.1) is 18.0 Å². The predicted octanol–water partition coefficient (Wildman–Crippen LogP) is 2.18. The summed E-state index contributed by atoms with van der Waals surface area (Å²) >= 11 is 0. The van der Waals surface area contributed by atoms with Gasteiger partial charge in [-0.25, -0.2) is 18.5 Å². The van der Waals surface area contributed by atoms with Crippen LogP contribution in [0.1, 0.15) is 23.6 Å². The van der Waals surface area contributed by atoms with Crippen molar-refractivity contribution in [3.63, 3.8) is 0 Å². The lowest BCUT2D eigenvalue weighted by Crippen LogP contribution is -2.38. The summed E-state index contributed by atoms with van der Waals surface area (Å²) in [6.07, 6.45) is 1.84. The molecule has 3 rings (SSSR count). The molecule has 4 N–H and O–H groups in total. The number of hydrogen-bond donors (Lipinski definition) is 3. The molecule has 0 radical (unpaired) electrons. The first-order chi connectivity index (χ1) is 13.5. The Bertz CT molecular complexity index is 964. The van der Waals surface area contributed by atoms with Gasteiger partial charge in [-0.05, 0) is 48.2 Å². The van der Waals surface area contributed by atoms with Gasteiger partial charge < -0.3 is 15.4 Å². The van der Waals surface area contributed by atoms with Crippen molar-refractivity contribution in [2.45, 2.75) is 31.2 Å². The first-order valence-corrected chi connectivity index (χ1v) is 10.9. The fourth-order valence-corrected chi connectivity index (χ4v) is 3.64. The molecule has 0 unspecified atom stereocenters. The number of nitrogens with zero attached hydrogens (tertiary/aromatic N) is 1. The Kier molecular flexibility index (Phi) is 8.72. The molecule has 1 aliphatic heterocycles. The molecule has 0 saturated carbocycles. The molecule has 0 spiro atoms. The van der Waals surface area contributed by atoms with Gasteiger partial charge in [0.2, 0.25) is 10.0 Å². The topological polar surface area (TPSA) is 106 Å². The van der Waals surface area contributed by atoms with Crippen LogP contribution < -0.4 is 20.5 Å². The third-order valence-corrected chi connectivity index (χ3v) is 5.36. The summed E-state index contributed by atoms with van der Waals surface area (Å²) in [7, 11) is -3.71. The summed E-state index contributed by atoms with van der Waals surface area (Å²) in [5.41, 5.74) is 3.31. The number of aliphatic imine (C=N–C) groups is 1. The summed E-state index contributed by atoms with van der Waals surface area (Å²) < 4.78 is 28.5. The Labute approximate surface area is 189 Å². The summed E-state index contributed by atoms with van der Waals surface area (Å²) in [4.78, 5) is 4.63. The molecular weight excluding hydrogens is 503 g/mol. The second-order valence-electron chi connectivity index (χ2n) is 6.60. The quantitative estimate of drug-likeness (QED) is 0.289. The molecule has 29 heavy (non-hydrogen) atoms. The van der Waals surface area contributed by atoms with Gasteiger partial charge in [-0.2, -0.15) is 0 Å². The fraction of sp³-hybridized carbons (Fsp3) is 0.350. The van der Waals surface area contributed by atoms with Crippen LogP contribution in [0.25, 0.3) is 0 Å². The average Bonchev–Trinajstić information content (AvgIpc) is 3.13. The van der Waals surface area contributed by atoms with Crippen molar-refractivity contribution >= 4 is 40.0 Å². The Hall–Kier alpha value is -1.85. The van der Waals surface area contributed by atoms with Crippen molar-refractivity contribution in [1.29, 1.82) is 0 Å². The van der Waals surface area contributed by atoms with E-state index in [9.17, 15) is 8.42 Å². The molecule has 0 amide bonds. The van der Waals surface area contributed by atoms with Crippen LogP contribution >= 0.6 is 24.0 Å². The Morgan fingerprint density at radius 1 is 1.17 bits per heavy atom. The van der Waals surface area contributed by atoms with Gasteiger partial charge in [0.25, 0.3) is 0 Å². The van der Waals surface area contributed by atoms with Gasteiger partial charge in [0, 0.05) is 19.5 Å². The normalized spacial score (nSPS) is 13.2. The van der Waals surface area contributed by atoms with Crippen LogP contribution in [0.5, 0.6) is 5.75 Å². The third kappa shape index (κ3) is 6.86. The molecule has 0 aliphatic carbocycles. The molecule has 1 aliphatic rings. The number of halogens is 1. The van der Waals surface area contributed by atoms with Gasteiger partial charge in [-0.3, -0.25) is 0 Å². The zero-order valence-electron chi connectivity index (χ0n) is 16.3. The standard InChI is InChI=1S/C20H26N4O3S.HI/c1-2-22-20(24-14-16-4-3-5-18(13-16)28(21,25)26)23-10-8-15-6-7-19-17(12-15)9-11-27-19;/h3-7,12-13H,2,8-11,14H2,1H3,(H2,21,25,26)(H2,22,23,24);1H. The molecule has 2 aromatic rings. The molecule has 0 atom stereocenters. The number of ether oxygens (including phenoxy) is 1. The molecule has 2 aromatic carbocycles. The van der Waals surface area contributed by atoms with E-state index in [1.54, 1.807) is 12.1 Å². The number of fused-ring (bicyclic) bond motifs is 1. The van der Waals surface area contributed by atoms with Crippen LogP contribution in [-0.2, 0) is 29.4 Å². The first-order valence-electron chi connectivity index (χ1n) is 9.34. The van der Waals surface area contributed by atoms with Crippen molar-refractivity contribution < 1.29 is 13.2 Å². The fourth-order valence-electron chi connectivity index (χ4n) is 3.05.